The summed E-state index contributed by atoms with van der Waals surface area (Å²) in [6, 6.07) is 8.51. The first-order valence-electron chi connectivity index (χ1n) is 8.31. The molecule has 0 radical (unpaired) electrons. The number of methoxy groups -OCH3 is 1. The van der Waals surface area contributed by atoms with Crippen LogP contribution >= 0.6 is 0 Å². The highest BCUT2D eigenvalue weighted by Crippen LogP contribution is 2.31. The molecule has 8 nitrogen and oxygen atoms in total. The number of aromatic nitrogens is 2. The molecule has 3 N–H and O–H groups in total. The third-order valence-corrected chi connectivity index (χ3v) is 3.89. The minimum absolute atomic E-state index is 0.00202. The lowest BCUT2D eigenvalue weighted by Gasteiger charge is -2.06. The maximum absolute atomic E-state index is 12.0. The lowest BCUT2D eigenvalue weighted by atomic mass is 10.2. The Kier molecular flexibility index (Phi) is 5.55. The van der Waals surface area contributed by atoms with Crippen LogP contribution in [-0.2, 0) is 11.3 Å². The van der Waals surface area contributed by atoms with E-state index in [1.54, 1.807) is 37.5 Å². The second kappa shape index (κ2) is 8.22. The zero-order chi connectivity index (χ0) is 19.2. The molecule has 0 saturated carbocycles. The normalized spacial score (nSPS) is 10.4. The molecule has 140 valence electrons. The second-order valence-corrected chi connectivity index (χ2v) is 5.78. The summed E-state index contributed by atoms with van der Waals surface area (Å²) >= 11 is 0. The van der Waals surface area contributed by atoms with Crippen LogP contribution in [0, 0.1) is 6.92 Å². The molecule has 0 fully saturated rings. The van der Waals surface area contributed by atoms with Gasteiger partial charge in [-0.2, -0.15) is 0 Å². The summed E-state index contributed by atoms with van der Waals surface area (Å²) in [5, 5.41) is 15.7. The van der Waals surface area contributed by atoms with Gasteiger partial charge in [0.1, 0.15) is 11.5 Å². The first-order chi connectivity index (χ1) is 13.1. The van der Waals surface area contributed by atoms with Crippen LogP contribution in [0.5, 0.6) is 11.5 Å². The molecule has 27 heavy (non-hydrogen) atoms. The van der Waals surface area contributed by atoms with Gasteiger partial charge in [-0.3, -0.25) is 9.78 Å². The van der Waals surface area contributed by atoms with Crippen LogP contribution < -0.4 is 15.4 Å². The van der Waals surface area contributed by atoms with E-state index in [-0.39, 0.29) is 24.7 Å². The Balaban J connectivity index is 1.60. The maximum Gasteiger partial charge on any atom is 0.239 e. The van der Waals surface area contributed by atoms with Gasteiger partial charge in [-0.25, -0.2) is 4.98 Å². The number of phenols is 1. The fourth-order valence-corrected chi connectivity index (χ4v) is 2.43. The Morgan fingerprint density at radius 3 is 2.89 bits per heavy atom. The molecule has 0 bridgehead atoms. The highest BCUT2D eigenvalue weighted by Gasteiger charge is 2.14. The summed E-state index contributed by atoms with van der Waals surface area (Å²) in [5.74, 6) is 1.16. The Morgan fingerprint density at radius 1 is 1.33 bits per heavy atom. The van der Waals surface area contributed by atoms with E-state index < -0.39 is 0 Å². The third kappa shape index (κ3) is 4.55. The van der Waals surface area contributed by atoms with Crippen molar-refractivity contribution in [3.05, 3.63) is 54.2 Å². The largest absolute Gasteiger partial charge is 0.504 e. The van der Waals surface area contributed by atoms with Crippen molar-refractivity contribution >= 4 is 11.6 Å². The van der Waals surface area contributed by atoms with Crippen molar-refractivity contribution in [2.75, 3.05) is 19.0 Å². The zero-order valence-corrected chi connectivity index (χ0v) is 15.0. The van der Waals surface area contributed by atoms with Crippen molar-refractivity contribution in [3.8, 4) is 23.0 Å². The van der Waals surface area contributed by atoms with Crippen LogP contribution in [-0.4, -0.2) is 34.6 Å². The number of nitrogens with zero attached hydrogens (tertiary/aromatic N) is 2. The topological polar surface area (TPSA) is 110 Å². The van der Waals surface area contributed by atoms with Gasteiger partial charge < -0.3 is 24.9 Å². The summed E-state index contributed by atoms with van der Waals surface area (Å²) in [6.45, 7) is 2.14. The molecular formula is C19H20N4O4. The zero-order valence-electron chi connectivity index (χ0n) is 15.0. The average Bonchev–Trinajstić information content (AvgIpc) is 3.06. The van der Waals surface area contributed by atoms with E-state index in [1.807, 2.05) is 6.07 Å². The number of aromatic hydroxyl groups is 1. The number of pyridine rings is 1. The Hall–Kier alpha value is -3.55. The van der Waals surface area contributed by atoms with Gasteiger partial charge in [0.25, 0.3) is 0 Å². The summed E-state index contributed by atoms with van der Waals surface area (Å²) in [5.41, 5.74) is 2.01. The predicted octanol–water partition coefficient (Wildman–Crippen LogP) is 2.49. The van der Waals surface area contributed by atoms with Crippen LogP contribution in [0.3, 0.4) is 0 Å². The molecular weight excluding hydrogens is 348 g/mol. The molecule has 2 heterocycles. The van der Waals surface area contributed by atoms with E-state index in [9.17, 15) is 9.90 Å². The number of nitrogens with one attached hydrogen (secondary N) is 2. The summed E-state index contributed by atoms with van der Waals surface area (Å²) < 4.78 is 10.7. The number of oxazole rings is 1. The maximum atomic E-state index is 12.0. The molecule has 1 aromatic carbocycles. The summed E-state index contributed by atoms with van der Waals surface area (Å²) in [7, 11) is 1.48. The van der Waals surface area contributed by atoms with Gasteiger partial charge in [0.2, 0.25) is 11.8 Å². The number of aryl methyl sites for hydroxylation is 1. The average molecular weight is 368 g/mol. The van der Waals surface area contributed by atoms with Gasteiger partial charge in [-0.1, -0.05) is 0 Å². The number of carbonyl (C=O) groups is 1. The molecule has 0 atom stereocenters. The van der Waals surface area contributed by atoms with Gasteiger partial charge in [0.15, 0.2) is 11.5 Å². The molecule has 0 unspecified atom stereocenters. The van der Waals surface area contributed by atoms with Gasteiger partial charge in [0, 0.05) is 18.0 Å². The van der Waals surface area contributed by atoms with Crippen molar-refractivity contribution < 1.29 is 19.1 Å². The number of ether oxygens (including phenoxy) is 1. The van der Waals surface area contributed by atoms with Gasteiger partial charge in [-0.05, 0) is 37.3 Å². The Morgan fingerprint density at radius 2 is 2.19 bits per heavy atom. The van der Waals surface area contributed by atoms with E-state index in [1.165, 1.54) is 13.2 Å². The van der Waals surface area contributed by atoms with Gasteiger partial charge >= 0.3 is 0 Å². The smallest absolute Gasteiger partial charge is 0.239 e. The first-order valence-corrected chi connectivity index (χ1v) is 8.31. The third-order valence-electron chi connectivity index (χ3n) is 3.89. The Bertz CT molecular complexity index is 925. The van der Waals surface area contributed by atoms with Gasteiger partial charge in [0.05, 0.1) is 25.9 Å². The van der Waals surface area contributed by atoms with E-state index >= 15 is 0 Å². The highest BCUT2D eigenvalue weighted by atomic mass is 16.5. The number of hydrogen-bond donors (Lipinski definition) is 3. The molecule has 3 rings (SSSR count). The number of phenolic OH excluding ortho intramolecular Hbond substituents is 1. The minimum atomic E-state index is -0.176. The molecule has 0 aliphatic heterocycles. The molecule has 0 saturated heterocycles. The van der Waals surface area contributed by atoms with Crippen LogP contribution in [0.25, 0.3) is 11.5 Å². The fourth-order valence-electron chi connectivity index (χ4n) is 2.43. The molecule has 0 aliphatic rings. The van der Waals surface area contributed by atoms with E-state index in [0.717, 1.165) is 5.69 Å². The molecule has 0 aliphatic carbocycles. The first kappa shape index (κ1) is 18.2. The number of carbonyl (C=O) groups excluding carboxylic acids is 1. The van der Waals surface area contributed by atoms with Crippen molar-refractivity contribution in [2.24, 2.45) is 0 Å². The lowest BCUT2D eigenvalue weighted by molar-refractivity contribution is -0.119. The predicted molar refractivity (Wildman–Crippen MR) is 99.5 cm³/mol. The monoisotopic (exact) mass is 368 g/mol. The van der Waals surface area contributed by atoms with E-state index in [0.29, 0.717) is 28.7 Å². The van der Waals surface area contributed by atoms with Crippen LogP contribution in [0.1, 0.15) is 11.5 Å². The number of anilines is 1. The van der Waals surface area contributed by atoms with Gasteiger partial charge in [-0.15, -0.1) is 0 Å². The lowest BCUT2D eigenvalue weighted by Crippen LogP contribution is -2.29. The fraction of sp³-hybridized carbons (Fsp3) is 0.211. The van der Waals surface area contributed by atoms with E-state index in [2.05, 4.69) is 20.6 Å². The molecule has 0 spiro atoms. The number of benzene rings is 1. The molecule has 2 aromatic heterocycles. The number of hydrogen-bond acceptors (Lipinski definition) is 7. The summed E-state index contributed by atoms with van der Waals surface area (Å²) in [4.78, 5) is 20.4. The molecule has 3 aromatic rings. The van der Waals surface area contributed by atoms with Crippen molar-refractivity contribution in [2.45, 2.75) is 13.5 Å². The summed E-state index contributed by atoms with van der Waals surface area (Å²) in [6.07, 6.45) is 3.31. The number of rotatable bonds is 7. The van der Waals surface area contributed by atoms with Crippen molar-refractivity contribution in [1.29, 1.82) is 0 Å². The van der Waals surface area contributed by atoms with Crippen molar-refractivity contribution in [3.63, 3.8) is 0 Å². The standard InChI is InChI=1S/C19H20N4O4/c1-12-15(10-22-18(25)11-21-14-4-3-7-20-9-14)23-19(27-12)13-5-6-17(26-2)16(24)8-13/h3-9,21,24H,10-11H2,1-2H3,(H,22,25). The second-order valence-electron chi connectivity index (χ2n) is 5.78. The SMILES string of the molecule is COc1ccc(-c2nc(CNC(=O)CNc3cccnc3)c(C)o2)cc1O. The minimum Gasteiger partial charge on any atom is -0.504 e. The van der Waals surface area contributed by atoms with Crippen LogP contribution in [0.4, 0.5) is 5.69 Å². The van der Waals surface area contributed by atoms with E-state index in [4.69, 9.17) is 9.15 Å². The Labute approximate surface area is 156 Å². The highest BCUT2D eigenvalue weighted by molar-refractivity contribution is 5.80. The molecule has 8 heteroatoms. The van der Waals surface area contributed by atoms with Crippen LogP contribution in [0.15, 0.2) is 47.1 Å². The molecule has 1 amide bonds. The quantitative estimate of drug-likeness (QED) is 0.588. The number of amides is 1. The van der Waals surface area contributed by atoms with Crippen molar-refractivity contribution in [1.82, 2.24) is 15.3 Å². The van der Waals surface area contributed by atoms with Crippen LogP contribution in [0.2, 0.25) is 0 Å².